The van der Waals surface area contributed by atoms with Crippen molar-refractivity contribution in [1.82, 2.24) is 0 Å². The van der Waals surface area contributed by atoms with Crippen molar-refractivity contribution in [1.29, 1.82) is 0 Å². The van der Waals surface area contributed by atoms with Gasteiger partial charge in [-0.15, -0.1) is 0 Å². The molecule has 0 rings (SSSR count). The van der Waals surface area contributed by atoms with E-state index in [9.17, 15) is 4.79 Å². The SMILES string of the molecule is COCC(C)CC(=O)C=C(C)C. The molecule has 0 aromatic rings. The molecule has 0 bridgehead atoms. The number of hydrogen-bond donors (Lipinski definition) is 0. The molecule has 1 unspecified atom stereocenters. The van der Waals surface area contributed by atoms with E-state index < -0.39 is 0 Å². The number of allylic oxidation sites excluding steroid dienone is 2. The van der Waals surface area contributed by atoms with Crippen LogP contribution in [-0.4, -0.2) is 19.5 Å². The third kappa shape index (κ3) is 6.10. The van der Waals surface area contributed by atoms with Crippen LogP contribution in [0, 0.1) is 5.92 Å². The molecular formula is C10H18O2. The second kappa shape index (κ2) is 5.95. The summed E-state index contributed by atoms with van der Waals surface area (Å²) in [6.07, 6.45) is 2.27. The first-order chi connectivity index (χ1) is 5.56. The molecule has 0 radical (unpaired) electrons. The van der Waals surface area contributed by atoms with Crippen LogP contribution >= 0.6 is 0 Å². The van der Waals surface area contributed by atoms with E-state index in [0.29, 0.717) is 18.9 Å². The van der Waals surface area contributed by atoms with Crippen molar-refractivity contribution in [3.8, 4) is 0 Å². The molecule has 0 fully saturated rings. The highest BCUT2D eigenvalue weighted by atomic mass is 16.5. The first kappa shape index (κ1) is 11.4. The zero-order chi connectivity index (χ0) is 9.56. The molecule has 0 N–H and O–H groups in total. The van der Waals surface area contributed by atoms with Crippen molar-refractivity contribution in [3.05, 3.63) is 11.6 Å². The predicted octanol–water partition coefficient (Wildman–Crippen LogP) is 2.19. The third-order valence-corrected chi connectivity index (χ3v) is 1.45. The Bertz CT molecular complexity index is 167. The first-order valence-corrected chi connectivity index (χ1v) is 4.23. The second-order valence-corrected chi connectivity index (χ2v) is 3.45. The van der Waals surface area contributed by atoms with E-state index in [1.807, 2.05) is 20.8 Å². The molecule has 0 aliphatic rings. The Morgan fingerprint density at radius 3 is 2.50 bits per heavy atom. The summed E-state index contributed by atoms with van der Waals surface area (Å²) in [7, 11) is 1.65. The molecule has 1 atom stereocenters. The van der Waals surface area contributed by atoms with E-state index in [2.05, 4.69) is 0 Å². The van der Waals surface area contributed by atoms with Gasteiger partial charge in [-0.2, -0.15) is 0 Å². The molecule has 12 heavy (non-hydrogen) atoms. The van der Waals surface area contributed by atoms with Crippen LogP contribution in [0.15, 0.2) is 11.6 Å². The van der Waals surface area contributed by atoms with E-state index in [1.165, 1.54) is 0 Å². The van der Waals surface area contributed by atoms with Crippen LogP contribution in [0.2, 0.25) is 0 Å². The number of ketones is 1. The van der Waals surface area contributed by atoms with Crippen LogP contribution in [0.25, 0.3) is 0 Å². The summed E-state index contributed by atoms with van der Waals surface area (Å²) in [5.41, 5.74) is 1.06. The zero-order valence-corrected chi connectivity index (χ0v) is 8.39. The van der Waals surface area contributed by atoms with Crippen molar-refractivity contribution in [2.75, 3.05) is 13.7 Å². The van der Waals surface area contributed by atoms with Gasteiger partial charge in [0.1, 0.15) is 0 Å². The van der Waals surface area contributed by atoms with Crippen LogP contribution in [0.4, 0.5) is 0 Å². The molecule has 0 amide bonds. The topological polar surface area (TPSA) is 26.3 Å². The molecule has 0 aromatic carbocycles. The number of carbonyl (C=O) groups is 1. The lowest BCUT2D eigenvalue weighted by Crippen LogP contribution is -2.08. The molecule has 0 aliphatic carbocycles. The third-order valence-electron chi connectivity index (χ3n) is 1.45. The summed E-state index contributed by atoms with van der Waals surface area (Å²) in [5.74, 6) is 0.512. The molecule has 0 saturated carbocycles. The molecule has 70 valence electrons. The van der Waals surface area contributed by atoms with Gasteiger partial charge in [0.15, 0.2) is 5.78 Å². The van der Waals surface area contributed by atoms with Gasteiger partial charge in [-0.25, -0.2) is 0 Å². The molecule has 2 heteroatoms. The summed E-state index contributed by atoms with van der Waals surface area (Å²) >= 11 is 0. The molecule has 0 aliphatic heterocycles. The molecular weight excluding hydrogens is 152 g/mol. The fraction of sp³-hybridized carbons (Fsp3) is 0.700. The van der Waals surface area contributed by atoms with Crippen molar-refractivity contribution >= 4 is 5.78 Å². The predicted molar refractivity (Wildman–Crippen MR) is 50.1 cm³/mol. The van der Waals surface area contributed by atoms with Crippen molar-refractivity contribution in [3.63, 3.8) is 0 Å². The van der Waals surface area contributed by atoms with Crippen LogP contribution in [-0.2, 0) is 9.53 Å². The normalized spacial score (nSPS) is 12.3. The van der Waals surface area contributed by atoms with Gasteiger partial charge in [0.25, 0.3) is 0 Å². The average Bonchev–Trinajstić information content (AvgIpc) is 1.84. The van der Waals surface area contributed by atoms with Gasteiger partial charge in [-0.3, -0.25) is 4.79 Å². The van der Waals surface area contributed by atoms with Gasteiger partial charge in [-0.1, -0.05) is 12.5 Å². The number of ether oxygens (including phenoxy) is 1. The van der Waals surface area contributed by atoms with Gasteiger partial charge >= 0.3 is 0 Å². The van der Waals surface area contributed by atoms with E-state index in [1.54, 1.807) is 13.2 Å². The minimum absolute atomic E-state index is 0.194. The monoisotopic (exact) mass is 170 g/mol. The molecule has 0 spiro atoms. The van der Waals surface area contributed by atoms with E-state index in [4.69, 9.17) is 4.74 Å². The van der Waals surface area contributed by atoms with Gasteiger partial charge in [-0.05, 0) is 25.8 Å². The average molecular weight is 170 g/mol. The lowest BCUT2D eigenvalue weighted by Gasteiger charge is -2.06. The second-order valence-electron chi connectivity index (χ2n) is 3.45. The number of carbonyl (C=O) groups excluding carboxylic acids is 1. The van der Waals surface area contributed by atoms with Crippen LogP contribution in [0.1, 0.15) is 27.2 Å². The molecule has 0 heterocycles. The minimum atomic E-state index is 0.194. The van der Waals surface area contributed by atoms with Crippen molar-refractivity contribution < 1.29 is 9.53 Å². The maximum absolute atomic E-state index is 11.2. The lowest BCUT2D eigenvalue weighted by molar-refractivity contribution is -0.115. The minimum Gasteiger partial charge on any atom is -0.384 e. The maximum atomic E-state index is 11.2. The first-order valence-electron chi connectivity index (χ1n) is 4.23. The summed E-state index contributed by atoms with van der Waals surface area (Å²) in [6, 6.07) is 0. The Morgan fingerprint density at radius 2 is 2.08 bits per heavy atom. The van der Waals surface area contributed by atoms with E-state index in [-0.39, 0.29) is 5.78 Å². The standard InChI is InChI=1S/C10H18O2/c1-8(2)5-10(11)6-9(3)7-12-4/h5,9H,6-7H2,1-4H3. The summed E-state index contributed by atoms with van der Waals surface area (Å²) in [4.78, 5) is 11.2. The summed E-state index contributed by atoms with van der Waals surface area (Å²) in [5, 5.41) is 0. The van der Waals surface area contributed by atoms with Crippen molar-refractivity contribution in [2.45, 2.75) is 27.2 Å². The number of hydrogen-bond acceptors (Lipinski definition) is 2. The van der Waals surface area contributed by atoms with Crippen LogP contribution < -0.4 is 0 Å². The highest BCUT2D eigenvalue weighted by Crippen LogP contribution is 2.04. The Hall–Kier alpha value is -0.630. The Morgan fingerprint density at radius 1 is 1.50 bits per heavy atom. The van der Waals surface area contributed by atoms with Gasteiger partial charge in [0.2, 0.25) is 0 Å². The quantitative estimate of drug-likeness (QED) is 0.591. The Balaban J connectivity index is 3.77. The summed E-state index contributed by atoms with van der Waals surface area (Å²) < 4.78 is 4.94. The van der Waals surface area contributed by atoms with E-state index in [0.717, 1.165) is 5.57 Å². The maximum Gasteiger partial charge on any atom is 0.155 e. The largest absolute Gasteiger partial charge is 0.384 e. The molecule has 2 nitrogen and oxygen atoms in total. The highest BCUT2D eigenvalue weighted by molar-refractivity contribution is 5.90. The fourth-order valence-corrected chi connectivity index (χ4v) is 1.07. The van der Waals surface area contributed by atoms with Gasteiger partial charge in [0, 0.05) is 20.1 Å². The Kier molecular flexibility index (Phi) is 5.64. The molecule has 0 saturated heterocycles. The smallest absolute Gasteiger partial charge is 0.155 e. The van der Waals surface area contributed by atoms with Crippen LogP contribution in [0.3, 0.4) is 0 Å². The van der Waals surface area contributed by atoms with Gasteiger partial charge in [0.05, 0.1) is 0 Å². The van der Waals surface area contributed by atoms with E-state index >= 15 is 0 Å². The zero-order valence-electron chi connectivity index (χ0n) is 8.39. The van der Waals surface area contributed by atoms with Crippen molar-refractivity contribution in [2.24, 2.45) is 5.92 Å². The number of methoxy groups -OCH3 is 1. The Labute approximate surface area is 74.6 Å². The number of rotatable bonds is 5. The lowest BCUT2D eigenvalue weighted by atomic mass is 10.0. The van der Waals surface area contributed by atoms with Crippen LogP contribution in [0.5, 0.6) is 0 Å². The summed E-state index contributed by atoms with van der Waals surface area (Å²) in [6.45, 7) is 6.53. The molecule has 0 aromatic heterocycles. The highest BCUT2D eigenvalue weighted by Gasteiger charge is 2.05. The fourth-order valence-electron chi connectivity index (χ4n) is 1.07. The van der Waals surface area contributed by atoms with Gasteiger partial charge < -0.3 is 4.74 Å².